The molecule has 0 aromatic heterocycles. The minimum Gasteiger partial charge on any atom is -0.356 e. The smallest absolute Gasteiger partial charge is 0.253 e. The van der Waals surface area contributed by atoms with E-state index in [0.717, 1.165) is 32.2 Å². The Balaban J connectivity index is 2.04. The number of nitrogens with one attached hydrogen (secondary N) is 2. The number of carbonyl (C=O) groups is 3. The van der Waals surface area contributed by atoms with Crippen molar-refractivity contribution in [3.8, 4) is 0 Å². The Bertz CT molecular complexity index is 891. The van der Waals surface area contributed by atoms with E-state index in [0.29, 0.717) is 42.5 Å². The summed E-state index contributed by atoms with van der Waals surface area (Å²) in [6.07, 6.45) is 10.1. The van der Waals surface area contributed by atoms with E-state index in [-0.39, 0.29) is 35.7 Å². The molecule has 0 unspecified atom stereocenters. The van der Waals surface area contributed by atoms with E-state index in [2.05, 4.69) is 38.3 Å². The van der Waals surface area contributed by atoms with E-state index >= 15 is 0 Å². The first-order valence-corrected chi connectivity index (χ1v) is 15.4. The average molecular weight is 543 g/mol. The van der Waals surface area contributed by atoms with Gasteiger partial charge < -0.3 is 21.3 Å². The van der Waals surface area contributed by atoms with Gasteiger partial charge in [-0.2, -0.15) is 0 Å². The Kier molecular flexibility index (Phi) is 14.6. The molecule has 3 atom stereocenters. The van der Waals surface area contributed by atoms with Gasteiger partial charge in [0, 0.05) is 48.8 Å². The number of hydrogen-bond acceptors (Lipinski definition) is 4. The van der Waals surface area contributed by atoms with Crippen LogP contribution in [0.1, 0.15) is 120 Å². The third-order valence-electron chi connectivity index (χ3n) is 7.90. The van der Waals surface area contributed by atoms with Crippen LogP contribution < -0.4 is 16.4 Å². The third kappa shape index (κ3) is 11.3. The number of amides is 3. The van der Waals surface area contributed by atoms with Crippen LogP contribution in [0.2, 0.25) is 0 Å². The Morgan fingerprint density at radius 3 is 2.23 bits per heavy atom. The SMILES string of the molecule is CCCN(CCC)C(=O)c1cccc(C(=O)N[C@@H](CCC(C)C)[C@@H](N)C[C@@H](C)C(=O)NCC2CCCCC2)c1. The molecule has 0 spiro atoms. The van der Waals surface area contributed by atoms with Gasteiger partial charge in [-0.1, -0.05) is 59.9 Å². The van der Waals surface area contributed by atoms with Crippen molar-refractivity contribution in [2.75, 3.05) is 19.6 Å². The fourth-order valence-electron chi connectivity index (χ4n) is 5.48. The predicted octanol–water partition coefficient (Wildman–Crippen LogP) is 5.53. The molecule has 0 saturated heterocycles. The Labute approximate surface area is 237 Å². The lowest BCUT2D eigenvalue weighted by molar-refractivity contribution is -0.125. The normalized spacial score (nSPS) is 16.4. The molecule has 0 heterocycles. The molecule has 3 amide bonds. The van der Waals surface area contributed by atoms with Crippen LogP contribution in [-0.4, -0.2) is 54.3 Å². The highest BCUT2D eigenvalue weighted by Crippen LogP contribution is 2.23. The van der Waals surface area contributed by atoms with Gasteiger partial charge in [0.15, 0.2) is 0 Å². The van der Waals surface area contributed by atoms with Crippen LogP contribution in [0, 0.1) is 17.8 Å². The molecule has 2 rings (SSSR count). The zero-order valence-corrected chi connectivity index (χ0v) is 25.1. The van der Waals surface area contributed by atoms with Crippen molar-refractivity contribution < 1.29 is 14.4 Å². The van der Waals surface area contributed by atoms with Crippen molar-refractivity contribution in [1.82, 2.24) is 15.5 Å². The Morgan fingerprint density at radius 1 is 0.974 bits per heavy atom. The molecule has 7 nitrogen and oxygen atoms in total. The lowest BCUT2D eigenvalue weighted by Crippen LogP contribution is -2.49. The maximum absolute atomic E-state index is 13.3. The number of nitrogens with two attached hydrogens (primary N) is 1. The van der Waals surface area contributed by atoms with Crippen molar-refractivity contribution in [1.29, 1.82) is 0 Å². The van der Waals surface area contributed by atoms with Gasteiger partial charge in [-0.15, -0.1) is 0 Å². The fraction of sp³-hybridized carbons (Fsp3) is 0.719. The molecule has 1 aliphatic rings. The van der Waals surface area contributed by atoms with Crippen molar-refractivity contribution in [3.63, 3.8) is 0 Å². The van der Waals surface area contributed by atoms with E-state index in [1.807, 2.05) is 11.8 Å². The summed E-state index contributed by atoms with van der Waals surface area (Å²) in [7, 11) is 0. The summed E-state index contributed by atoms with van der Waals surface area (Å²) in [6.45, 7) is 12.5. The van der Waals surface area contributed by atoms with Gasteiger partial charge in [-0.3, -0.25) is 14.4 Å². The first kappa shape index (κ1) is 32.8. The Morgan fingerprint density at radius 2 is 1.62 bits per heavy atom. The minimum atomic E-state index is -0.349. The van der Waals surface area contributed by atoms with E-state index in [9.17, 15) is 14.4 Å². The summed E-state index contributed by atoms with van der Waals surface area (Å²) in [5.74, 6) is 0.582. The van der Waals surface area contributed by atoms with Gasteiger partial charge in [0.1, 0.15) is 0 Å². The highest BCUT2D eigenvalue weighted by molar-refractivity contribution is 5.99. The lowest BCUT2D eigenvalue weighted by atomic mass is 9.89. The van der Waals surface area contributed by atoms with Crippen molar-refractivity contribution >= 4 is 17.7 Å². The van der Waals surface area contributed by atoms with E-state index in [4.69, 9.17) is 5.73 Å². The van der Waals surface area contributed by atoms with Gasteiger partial charge >= 0.3 is 0 Å². The van der Waals surface area contributed by atoms with E-state index in [1.54, 1.807) is 24.3 Å². The van der Waals surface area contributed by atoms with Crippen LogP contribution in [0.15, 0.2) is 24.3 Å². The standard InChI is InChI=1S/C32H54N4O3/c1-6-18-36(19-7-2)32(39)27-15-11-14-26(21-27)31(38)35-29(17-16-23(3)4)28(33)20-24(5)30(37)34-22-25-12-9-8-10-13-25/h11,14-15,21,23-25,28-29H,6-10,12-13,16-20,22,33H2,1-5H3,(H,34,37)(H,35,38)/t24-,28+,29+/m1/s1. The third-order valence-corrected chi connectivity index (χ3v) is 7.90. The van der Waals surface area contributed by atoms with Crippen molar-refractivity contribution in [3.05, 3.63) is 35.4 Å². The molecule has 7 heteroatoms. The van der Waals surface area contributed by atoms with Crippen molar-refractivity contribution in [2.24, 2.45) is 23.5 Å². The summed E-state index contributed by atoms with van der Waals surface area (Å²) in [4.78, 5) is 41.1. The number of nitrogens with zero attached hydrogens (tertiary/aromatic N) is 1. The molecule has 39 heavy (non-hydrogen) atoms. The molecular formula is C32H54N4O3. The second-order valence-corrected chi connectivity index (χ2v) is 12.0. The molecular weight excluding hydrogens is 488 g/mol. The van der Waals surface area contributed by atoms with Crippen LogP contribution in [0.4, 0.5) is 0 Å². The molecule has 0 radical (unpaired) electrons. The highest BCUT2D eigenvalue weighted by Gasteiger charge is 2.26. The molecule has 4 N–H and O–H groups in total. The van der Waals surface area contributed by atoms with E-state index in [1.165, 1.54) is 32.1 Å². The summed E-state index contributed by atoms with van der Waals surface area (Å²) in [5.41, 5.74) is 7.61. The molecule has 1 aromatic rings. The molecule has 1 saturated carbocycles. The second-order valence-electron chi connectivity index (χ2n) is 12.0. The van der Waals surface area contributed by atoms with Gasteiger partial charge in [0.05, 0.1) is 0 Å². The molecule has 1 aromatic carbocycles. The summed E-state index contributed by atoms with van der Waals surface area (Å²) >= 11 is 0. The largest absolute Gasteiger partial charge is 0.356 e. The van der Waals surface area contributed by atoms with Crippen LogP contribution in [-0.2, 0) is 4.79 Å². The predicted molar refractivity (Wildman–Crippen MR) is 160 cm³/mol. The Hall–Kier alpha value is -2.41. The monoisotopic (exact) mass is 542 g/mol. The van der Waals surface area contributed by atoms with E-state index < -0.39 is 0 Å². The van der Waals surface area contributed by atoms with Crippen molar-refractivity contribution in [2.45, 2.75) is 111 Å². The second kappa shape index (κ2) is 17.3. The van der Waals surface area contributed by atoms with Gasteiger partial charge in [0.2, 0.25) is 5.91 Å². The summed E-state index contributed by atoms with van der Waals surface area (Å²) in [6, 6.07) is 6.35. The van der Waals surface area contributed by atoms with Gasteiger partial charge in [-0.05, 0) is 75.0 Å². The summed E-state index contributed by atoms with van der Waals surface area (Å²) < 4.78 is 0. The topological polar surface area (TPSA) is 105 Å². The molecule has 220 valence electrons. The van der Waals surface area contributed by atoms with Gasteiger partial charge in [-0.25, -0.2) is 0 Å². The average Bonchev–Trinajstić information content (AvgIpc) is 2.93. The van der Waals surface area contributed by atoms with Crippen LogP contribution in [0.5, 0.6) is 0 Å². The zero-order chi connectivity index (χ0) is 28.8. The maximum atomic E-state index is 13.3. The zero-order valence-electron chi connectivity index (χ0n) is 25.1. The summed E-state index contributed by atoms with van der Waals surface area (Å²) in [5, 5.41) is 6.28. The number of hydrogen-bond donors (Lipinski definition) is 3. The molecule has 1 aliphatic carbocycles. The number of carbonyl (C=O) groups excluding carboxylic acids is 3. The maximum Gasteiger partial charge on any atom is 0.253 e. The molecule has 0 aliphatic heterocycles. The first-order chi connectivity index (χ1) is 18.7. The quantitative estimate of drug-likeness (QED) is 0.255. The lowest BCUT2D eigenvalue weighted by Gasteiger charge is -2.28. The molecule has 0 bridgehead atoms. The van der Waals surface area contributed by atoms with Gasteiger partial charge in [0.25, 0.3) is 11.8 Å². The minimum absolute atomic E-state index is 0.0416. The molecule has 1 fully saturated rings. The van der Waals surface area contributed by atoms with Crippen LogP contribution in [0.25, 0.3) is 0 Å². The van der Waals surface area contributed by atoms with Crippen LogP contribution in [0.3, 0.4) is 0 Å². The van der Waals surface area contributed by atoms with Crippen LogP contribution >= 0.6 is 0 Å². The number of benzene rings is 1. The highest BCUT2D eigenvalue weighted by atomic mass is 16.2. The first-order valence-electron chi connectivity index (χ1n) is 15.4. The number of rotatable bonds is 16. The fourth-order valence-corrected chi connectivity index (χ4v) is 5.48.